The van der Waals surface area contributed by atoms with Crippen molar-refractivity contribution in [2.45, 2.75) is 201 Å². The first-order valence-corrected chi connectivity index (χ1v) is 19.0. The van der Waals surface area contributed by atoms with Crippen LogP contribution in [-0.4, -0.2) is 19.0 Å². The van der Waals surface area contributed by atoms with E-state index in [2.05, 4.69) is 111 Å². The second kappa shape index (κ2) is 36.1. The van der Waals surface area contributed by atoms with Gasteiger partial charge in [-0.05, 0) is 66.6 Å². The van der Waals surface area contributed by atoms with Crippen LogP contribution in [0.3, 0.4) is 0 Å². The van der Waals surface area contributed by atoms with Gasteiger partial charge >= 0.3 is 0 Å². The summed E-state index contributed by atoms with van der Waals surface area (Å²) < 4.78 is 5.46. The van der Waals surface area contributed by atoms with E-state index in [0.717, 1.165) is 73.9 Å². The van der Waals surface area contributed by atoms with E-state index < -0.39 is 0 Å². The lowest BCUT2D eigenvalue weighted by atomic mass is 10.0. The zero-order valence-corrected chi connectivity index (χ0v) is 33.2. The van der Waals surface area contributed by atoms with Crippen molar-refractivity contribution >= 4 is 5.78 Å². The molecule has 0 N–H and O–H groups in total. The van der Waals surface area contributed by atoms with Crippen molar-refractivity contribution in [2.75, 3.05) is 13.2 Å². The fourth-order valence-corrected chi connectivity index (χ4v) is 4.22. The predicted molar refractivity (Wildman–Crippen MR) is 199 cm³/mol. The van der Waals surface area contributed by atoms with Gasteiger partial charge in [0.2, 0.25) is 0 Å². The lowest BCUT2D eigenvalue weighted by molar-refractivity contribution is -0.119. The van der Waals surface area contributed by atoms with Crippen molar-refractivity contribution in [3.8, 4) is 0 Å². The summed E-state index contributed by atoms with van der Waals surface area (Å²) in [5.41, 5.74) is 0. The van der Waals surface area contributed by atoms with Gasteiger partial charge in [-0.2, -0.15) is 0 Å². The van der Waals surface area contributed by atoms with Crippen LogP contribution in [-0.2, 0) is 9.53 Å². The molecule has 0 aliphatic heterocycles. The van der Waals surface area contributed by atoms with Crippen LogP contribution in [0.15, 0.2) is 0 Å². The van der Waals surface area contributed by atoms with Crippen molar-refractivity contribution in [1.29, 1.82) is 0 Å². The Hall–Kier alpha value is -0.370. The first-order valence-electron chi connectivity index (χ1n) is 19.0. The van der Waals surface area contributed by atoms with E-state index in [4.69, 9.17) is 4.74 Å². The first kappa shape index (κ1) is 49.5. The van der Waals surface area contributed by atoms with E-state index in [1.807, 2.05) is 0 Å². The lowest BCUT2D eigenvalue weighted by Crippen LogP contribution is -2.03. The third-order valence-corrected chi connectivity index (χ3v) is 7.18. The zero-order valence-electron chi connectivity index (χ0n) is 33.2. The van der Waals surface area contributed by atoms with Crippen LogP contribution in [0.4, 0.5) is 0 Å². The van der Waals surface area contributed by atoms with Crippen molar-refractivity contribution in [3.63, 3.8) is 0 Å². The van der Waals surface area contributed by atoms with Gasteiger partial charge in [-0.15, -0.1) is 0 Å². The molecular formula is C41H88O2. The highest BCUT2D eigenvalue weighted by Gasteiger charge is 2.05. The first-order chi connectivity index (χ1) is 19.9. The normalized spacial score (nSPS) is 11.3. The van der Waals surface area contributed by atoms with Gasteiger partial charge in [0.1, 0.15) is 5.78 Å². The largest absolute Gasteiger partial charge is 0.381 e. The van der Waals surface area contributed by atoms with Gasteiger partial charge in [-0.3, -0.25) is 4.79 Å². The Bertz CT molecular complexity index is 464. The highest BCUT2D eigenvalue weighted by Crippen LogP contribution is 2.13. The maximum Gasteiger partial charge on any atom is 0.133 e. The van der Waals surface area contributed by atoms with Crippen LogP contribution in [0.1, 0.15) is 201 Å². The van der Waals surface area contributed by atoms with E-state index >= 15 is 0 Å². The fourth-order valence-electron chi connectivity index (χ4n) is 4.22. The van der Waals surface area contributed by atoms with E-state index in [1.54, 1.807) is 0 Å². The molecule has 0 radical (unpaired) electrons. The number of hydrogen-bond donors (Lipinski definition) is 0. The average Bonchev–Trinajstić information content (AvgIpc) is 2.83. The SMILES string of the molecule is CC(C)CCCC(=O)CC(C)C.CC(C)CCCC(C)C.CC(C)CCCCCC(C)C.CC(C)CCOCCC(C)C. The Morgan fingerprint density at radius 2 is 0.674 bits per heavy atom. The minimum Gasteiger partial charge on any atom is -0.381 e. The number of hydrogen-bond acceptors (Lipinski definition) is 2. The molecule has 0 aromatic carbocycles. The molecule has 0 aromatic heterocycles. The van der Waals surface area contributed by atoms with Crippen LogP contribution >= 0.6 is 0 Å². The van der Waals surface area contributed by atoms with Crippen LogP contribution < -0.4 is 0 Å². The second-order valence-electron chi connectivity index (χ2n) is 16.5. The molecule has 0 aromatic rings. The highest BCUT2D eigenvalue weighted by atomic mass is 16.5. The Labute approximate surface area is 276 Å². The number of Topliss-reactive ketones (excluding diaryl/α,β-unsaturated/α-hetero) is 1. The number of carbonyl (C=O) groups excluding carboxylic acids is 1. The maximum atomic E-state index is 11.2. The Kier molecular flexibility index (Phi) is 41.6. The number of carbonyl (C=O) groups is 1. The molecule has 2 nitrogen and oxygen atoms in total. The van der Waals surface area contributed by atoms with Crippen molar-refractivity contribution in [2.24, 2.45) is 47.3 Å². The van der Waals surface area contributed by atoms with Crippen LogP contribution in [0.25, 0.3) is 0 Å². The fraction of sp³-hybridized carbons (Fsp3) is 0.976. The zero-order chi connectivity index (χ0) is 34.2. The summed E-state index contributed by atoms with van der Waals surface area (Å²) in [4.78, 5) is 11.2. The summed E-state index contributed by atoms with van der Waals surface area (Å²) in [6.45, 7) is 37.8. The molecule has 0 aliphatic carbocycles. The molecule has 0 unspecified atom stereocenters. The van der Waals surface area contributed by atoms with Gasteiger partial charge in [0, 0.05) is 26.1 Å². The summed E-state index contributed by atoms with van der Waals surface area (Å²) >= 11 is 0. The second-order valence-corrected chi connectivity index (χ2v) is 16.5. The summed E-state index contributed by atoms with van der Waals surface area (Å²) in [6, 6.07) is 0. The molecule has 0 aliphatic rings. The maximum absolute atomic E-state index is 11.2. The Balaban J connectivity index is -0.000000237. The molecule has 0 fully saturated rings. The Morgan fingerprint density at radius 3 is 0.977 bits per heavy atom. The quantitative estimate of drug-likeness (QED) is 0.114. The molecule has 0 bridgehead atoms. The number of unbranched alkanes of at least 4 members (excludes halogenated alkanes) is 2. The number of rotatable bonds is 22. The van der Waals surface area contributed by atoms with Crippen LogP contribution in [0.5, 0.6) is 0 Å². The topological polar surface area (TPSA) is 26.3 Å². The number of ether oxygens (including phenoxy) is 1. The van der Waals surface area contributed by atoms with Gasteiger partial charge in [0.15, 0.2) is 0 Å². The number of ketones is 1. The van der Waals surface area contributed by atoms with Gasteiger partial charge < -0.3 is 4.74 Å². The highest BCUT2D eigenvalue weighted by molar-refractivity contribution is 5.78. The minimum atomic E-state index is 0.436. The third kappa shape index (κ3) is 65.4. The predicted octanol–water partition coefficient (Wildman–Crippen LogP) is 14.2. The van der Waals surface area contributed by atoms with Crippen molar-refractivity contribution < 1.29 is 9.53 Å². The molecule has 0 rings (SSSR count). The molecule has 2 heteroatoms. The van der Waals surface area contributed by atoms with Crippen LogP contribution in [0, 0.1) is 47.3 Å². The van der Waals surface area contributed by atoms with Gasteiger partial charge in [0.25, 0.3) is 0 Å². The molecule has 0 saturated heterocycles. The molecule has 0 heterocycles. The van der Waals surface area contributed by atoms with Gasteiger partial charge in [0.05, 0.1) is 0 Å². The van der Waals surface area contributed by atoms with Gasteiger partial charge in [-0.25, -0.2) is 0 Å². The molecule has 0 saturated carbocycles. The molecule has 43 heavy (non-hydrogen) atoms. The summed E-state index contributed by atoms with van der Waals surface area (Å²) in [5.74, 6) is 6.82. The molecule has 0 spiro atoms. The van der Waals surface area contributed by atoms with Crippen molar-refractivity contribution in [1.82, 2.24) is 0 Å². The third-order valence-electron chi connectivity index (χ3n) is 7.18. The summed E-state index contributed by atoms with van der Waals surface area (Å²) in [6.07, 6.45) is 17.5. The lowest BCUT2D eigenvalue weighted by Gasteiger charge is -2.07. The Morgan fingerprint density at radius 1 is 0.372 bits per heavy atom. The van der Waals surface area contributed by atoms with E-state index in [-0.39, 0.29) is 0 Å². The average molecular weight is 613 g/mol. The monoisotopic (exact) mass is 613 g/mol. The summed E-state index contributed by atoms with van der Waals surface area (Å²) in [7, 11) is 0. The molecule has 0 atom stereocenters. The smallest absolute Gasteiger partial charge is 0.133 e. The molecule has 264 valence electrons. The minimum absolute atomic E-state index is 0.436. The van der Waals surface area contributed by atoms with E-state index in [9.17, 15) is 4.79 Å². The molecular weight excluding hydrogens is 524 g/mol. The van der Waals surface area contributed by atoms with E-state index in [0.29, 0.717) is 11.7 Å². The van der Waals surface area contributed by atoms with Crippen molar-refractivity contribution in [3.05, 3.63) is 0 Å². The van der Waals surface area contributed by atoms with Crippen LogP contribution in [0.2, 0.25) is 0 Å². The molecule has 0 amide bonds. The summed E-state index contributed by atoms with van der Waals surface area (Å²) in [5, 5.41) is 0. The van der Waals surface area contributed by atoms with E-state index in [1.165, 1.54) is 70.6 Å². The van der Waals surface area contributed by atoms with Gasteiger partial charge in [-0.1, -0.05) is 169 Å². The standard InChI is InChI=1S/C11H22O.C11H24.C10H22O.C9H20/c1-9(2)6-5-7-11(12)8-10(3)4;1-10(2)8-6-5-7-9-11(3)4;1-9(2)5-7-11-8-6-10(3)4;1-8(2)6-5-7-9(3)4/h9-10H,5-8H2,1-4H3;10-11H,5-9H2,1-4H3;9-10H,5-8H2,1-4H3;8-9H,5-7H2,1-4H3.